The Morgan fingerprint density at radius 3 is 1.36 bits per heavy atom. The summed E-state index contributed by atoms with van der Waals surface area (Å²) in [6, 6.07) is 2.63. The maximum absolute atomic E-state index is 13.8. The third-order valence-corrected chi connectivity index (χ3v) is 14.6. The number of thiol groups is 2. The number of H-pyrrole nitrogens is 2. The number of aromatic amines is 2. The lowest BCUT2D eigenvalue weighted by atomic mass is 10.0. The van der Waals surface area contributed by atoms with Crippen LogP contribution >= 0.6 is 25.3 Å². The van der Waals surface area contributed by atoms with Gasteiger partial charge in [-0.1, -0.05) is 36.4 Å². The molecule has 4 aromatic rings. The lowest BCUT2D eigenvalue weighted by Gasteiger charge is -2.28. The number of aliphatic hydroxyl groups is 2. The zero-order valence-electron chi connectivity index (χ0n) is 47.5. The van der Waals surface area contributed by atoms with E-state index in [1.807, 2.05) is 48.5 Å². The predicted octanol–water partition coefficient (Wildman–Crippen LogP) is -4.14. The van der Waals surface area contributed by atoms with E-state index < -0.39 is 133 Å². The van der Waals surface area contributed by atoms with Crippen LogP contribution in [0.4, 0.5) is 0 Å². The predicted molar refractivity (Wildman–Crippen MR) is 325 cm³/mol. The van der Waals surface area contributed by atoms with Crippen LogP contribution in [0.1, 0.15) is 75.8 Å². The first-order valence-corrected chi connectivity index (χ1v) is 29.4. The topological polar surface area (TPSA) is 481 Å². The second-order valence-electron chi connectivity index (χ2n) is 20.5. The minimum absolute atomic E-state index is 0.0477. The van der Waals surface area contributed by atoms with Gasteiger partial charge in [0.25, 0.3) is 0 Å². The van der Waals surface area contributed by atoms with Gasteiger partial charge in [0.1, 0.15) is 48.3 Å². The molecule has 2 aromatic carbocycles. The molecule has 0 bridgehead atoms. The molecule has 10 amide bonds. The maximum atomic E-state index is 13.8. The molecule has 0 saturated carbocycles. The molecule has 85 heavy (non-hydrogen) atoms. The van der Waals surface area contributed by atoms with Gasteiger partial charge in [-0.2, -0.15) is 25.3 Å². The fraction of sp³-hybridized carbons (Fsp3) is 0.527. The Balaban J connectivity index is 1.35. The Kier molecular flexibility index (Phi) is 30.1. The molecule has 0 aliphatic heterocycles. The number of carbonyl (C=O) groups excluding carboxylic acids is 10. The first kappa shape index (κ1) is 70.2. The standard InChI is InChI=1S/C55H84N16O12S2/c1-30(73)46(71-54(82)44(29-85)70-52(80)38(16-6-9-19-56)65-48(76)35(59)22-31-24-61-36-14-4-2-12-33(31)36)55(83)67-40(18-8-11-21-58)51(79)69-42(27-72)49(77)63-26-45(74)64-43(28-84)53(81)66-39(17-7-10-20-57)50(78)68-41(47(60)75)23-32-25-62-37-15-5-3-13-34(32)37/h2-5,12-15,24-25,30,35,38-44,46,61-62,72-73,84-85H,6-11,16-23,26-29,56-59H2,1H3,(H2,60,75)(H,63,77)(H,64,74)(H,65,76)(H,66,81)(H,67,83)(H,68,78)(H,69,79)(H,70,80)(H,71,82)/t30-,35+,38+,39+,40+,41+,42+,43+,44+,46+/m1/s1. The number of primary amides is 1. The molecule has 28 nitrogen and oxygen atoms in total. The van der Waals surface area contributed by atoms with Gasteiger partial charge in [0, 0.05) is 52.1 Å². The van der Waals surface area contributed by atoms with E-state index in [9.17, 15) is 58.2 Å². The van der Waals surface area contributed by atoms with Crippen LogP contribution in [-0.2, 0) is 60.8 Å². The summed E-state index contributed by atoms with van der Waals surface area (Å²) in [6.45, 7) is 0.233. The number of fused-ring (bicyclic) bond motifs is 2. The van der Waals surface area contributed by atoms with E-state index in [1.165, 1.54) is 6.92 Å². The summed E-state index contributed by atoms with van der Waals surface area (Å²) >= 11 is 8.44. The van der Waals surface area contributed by atoms with E-state index in [1.54, 1.807) is 12.4 Å². The first-order chi connectivity index (χ1) is 40.7. The highest BCUT2D eigenvalue weighted by atomic mass is 32.1. The van der Waals surface area contributed by atoms with Crippen molar-refractivity contribution >= 4 is 106 Å². The van der Waals surface area contributed by atoms with Crippen molar-refractivity contribution in [1.82, 2.24) is 57.8 Å². The van der Waals surface area contributed by atoms with Gasteiger partial charge in [-0.3, -0.25) is 47.9 Å². The normalized spacial score (nSPS) is 14.8. The lowest BCUT2D eigenvalue weighted by molar-refractivity contribution is -0.137. The fourth-order valence-electron chi connectivity index (χ4n) is 9.06. The van der Waals surface area contributed by atoms with E-state index in [2.05, 4.69) is 83.1 Å². The molecule has 2 heterocycles. The van der Waals surface area contributed by atoms with Crippen LogP contribution in [0.25, 0.3) is 21.8 Å². The molecular formula is C55H84N16O12S2. The van der Waals surface area contributed by atoms with Crippen LogP contribution in [0.2, 0.25) is 0 Å². The quantitative estimate of drug-likeness (QED) is 0.0149. The molecule has 0 saturated heterocycles. The third-order valence-electron chi connectivity index (χ3n) is 13.9. The second kappa shape index (κ2) is 36.5. The van der Waals surface area contributed by atoms with E-state index in [0.717, 1.165) is 32.9 Å². The number of benzene rings is 2. The molecule has 0 aliphatic rings. The zero-order chi connectivity index (χ0) is 62.6. The Bertz CT molecular complexity index is 2870. The third kappa shape index (κ3) is 22.2. The molecule has 2 aromatic heterocycles. The first-order valence-electron chi connectivity index (χ1n) is 28.2. The number of nitrogens with one attached hydrogen (secondary N) is 11. The van der Waals surface area contributed by atoms with E-state index in [-0.39, 0.29) is 56.6 Å². The smallest absolute Gasteiger partial charge is 0.245 e. The molecule has 0 unspecified atom stereocenters. The molecule has 0 spiro atoms. The van der Waals surface area contributed by atoms with Crippen LogP contribution in [0, 0.1) is 0 Å². The van der Waals surface area contributed by atoms with Crippen molar-refractivity contribution in [2.24, 2.45) is 28.7 Å². The largest absolute Gasteiger partial charge is 0.394 e. The van der Waals surface area contributed by atoms with Crippen molar-refractivity contribution in [2.75, 3.05) is 44.3 Å². The molecule has 4 rings (SSSR count). The molecular weight excluding hydrogens is 1140 g/mol. The van der Waals surface area contributed by atoms with Crippen LogP contribution in [0.15, 0.2) is 60.9 Å². The Morgan fingerprint density at radius 2 is 0.906 bits per heavy atom. The number of unbranched alkanes of at least 4 members (excludes halogenated alkanes) is 3. The molecule has 0 aliphatic carbocycles. The minimum atomic E-state index is -1.73. The molecule has 0 fully saturated rings. The van der Waals surface area contributed by atoms with E-state index in [0.29, 0.717) is 45.2 Å². The van der Waals surface area contributed by atoms with Crippen LogP contribution in [0.3, 0.4) is 0 Å². The average Bonchev–Trinajstić information content (AvgIpc) is 3.54. The Labute approximate surface area is 503 Å². The van der Waals surface area contributed by atoms with Crippen molar-refractivity contribution < 1.29 is 58.2 Å². The van der Waals surface area contributed by atoms with Crippen LogP contribution in [0.5, 0.6) is 0 Å². The van der Waals surface area contributed by atoms with Crippen LogP contribution < -0.4 is 76.5 Å². The number of aromatic nitrogens is 2. The summed E-state index contributed by atoms with van der Waals surface area (Å²) < 4.78 is 0. The SMILES string of the molecule is C[C@@H](O)[C@H](NC(=O)[C@H](CS)NC(=O)[C@H](CCCCN)NC(=O)[C@@H](N)Cc1c[nH]c2ccccc12)C(=O)N[C@@H](CCCCN)C(=O)N[C@@H](CO)C(=O)NCC(=O)N[C@@H](CS)C(=O)N[C@@H](CCCCN)C(=O)N[C@@H](Cc1c[nH]c2ccccc12)C(N)=O. The van der Waals surface area contributed by atoms with Gasteiger partial charge in [-0.05, 0) is 114 Å². The Morgan fingerprint density at radius 1 is 0.506 bits per heavy atom. The van der Waals surface area contributed by atoms with Crippen LogP contribution in [-0.4, -0.2) is 184 Å². The van der Waals surface area contributed by atoms with E-state index >= 15 is 0 Å². The lowest BCUT2D eigenvalue weighted by Crippen LogP contribution is -2.62. The summed E-state index contributed by atoms with van der Waals surface area (Å²) in [5, 5.41) is 45.0. The van der Waals surface area contributed by atoms with Crippen molar-refractivity contribution in [3.8, 4) is 0 Å². The summed E-state index contributed by atoms with van der Waals surface area (Å²) in [7, 11) is 0. The van der Waals surface area contributed by atoms with Crippen molar-refractivity contribution in [2.45, 2.75) is 138 Å². The number of aliphatic hydroxyl groups excluding tert-OH is 2. The summed E-state index contributed by atoms with van der Waals surface area (Å²) in [6.07, 6.45) is 4.72. The van der Waals surface area contributed by atoms with Gasteiger partial charge in [0.15, 0.2) is 0 Å². The molecule has 23 N–H and O–H groups in total. The van der Waals surface area contributed by atoms with Crippen molar-refractivity contribution in [3.63, 3.8) is 0 Å². The highest BCUT2D eigenvalue weighted by Gasteiger charge is 2.35. The number of para-hydroxylation sites is 2. The summed E-state index contributed by atoms with van der Waals surface area (Å²) in [4.78, 5) is 141. The number of amides is 10. The molecule has 0 radical (unpaired) electrons. The zero-order valence-corrected chi connectivity index (χ0v) is 49.3. The van der Waals surface area contributed by atoms with Crippen molar-refractivity contribution in [3.05, 3.63) is 72.1 Å². The Hall–Kier alpha value is -7.32. The van der Waals surface area contributed by atoms with Gasteiger partial charge in [0.2, 0.25) is 59.1 Å². The van der Waals surface area contributed by atoms with E-state index in [4.69, 9.17) is 28.7 Å². The number of rotatable bonds is 39. The van der Waals surface area contributed by atoms with Gasteiger partial charge < -0.3 is 96.7 Å². The number of carbonyl (C=O) groups is 10. The number of hydrogen-bond acceptors (Lipinski definition) is 18. The van der Waals surface area contributed by atoms with Crippen molar-refractivity contribution in [1.29, 1.82) is 0 Å². The second-order valence-corrected chi connectivity index (χ2v) is 21.2. The number of nitrogens with two attached hydrogens (primary N) is 5. The van der Waals surface area contributed by atoms with Gasteiger partial charge in [0.05, 0.1) is 25.3 Å². The number of hydrogen-bond donors (Lipinski definition) is 20. The molecule has 10 atom stereocenters. The average molecular weight is 1230 g/mol. The fourth-order valence-corrected chi connectivity index (χ4v) is 9.58. The van der Waals surface area contributed by atoms with Gasteiger partial charge in [-0.15, -0.1) is 0 Å². The van der Waals surface area contributed by atoms with Gasteiger partial charge >= 0.3 is 0 Å². The maximum Gasteiger partial charge on any atom is 0.245 e. The highest BCUT2D eigenvalue weighted by molar-refractivity contribution is 7.80. The molecule has 30 heteroatoms. The van der Waals surface area contributed by atoms with Gasteiger partial charge in [-0.25, -0.2) is 0 Å². The minimum Gasteiger partial charge on any atom is -0.394 e. The molecule has 468 valence electrons. The monoisotopic (exact) mass is 1220 g/mol. The summed E-state index contributed by atoms with van der Waals surface area (Å²) in [5.41, 5.74) is 32.2. The highest BCUT2D eigenvalue weighted by Crippen LogP contribution is 2.21. The summed E-state index contributed by atoms with van der Waals surface area (Å²) in [5.74, 6) is -9.29.